The summed E-state index contributed by atoms with van der Waals surface area (Å²) < 4.78 is 0. The van der Waals surface area contributed by atoms with Gasteiger partial charge in [0.15, 0.2) is 0 Å². The van der Waals surface area contributed by atoms with E-state index in [9.17, 15) is 5.11 Å². The molecule has 0 fully saturated rings. The fraction of sp³-hybridized carbons (Fsp3) is 0. The molecule has 0 aliphatic rings. The smallest absolute Gasteiger partial charge is 0.132 e. The lowest BCUT2D eigenvalue weighted by Crippen LogP contribution is -1.81. The van der Waals surface area contributed by atoms with Crippen molar-refractivity contribution in [2.75, 3.05) is 0 Å². The van der Waals surface area contributed by atoms with Crippen LogP contribution in [-0.2, 0) is 0 Å². The number of hydrogen-bond donors (Lipinski definition) is 1. The fourth-order valence-corrected chi connectivity index (χ4v) is 2.04. The third-order valence-corrected chi connectivity index (χ3v) is 3.24. The maximum absolute atomic E-state index is 10.1. The summed E-state index contributed by atoms with van der Waals surface area (Å²) in [7, 11) is 0. The molecular formula is C22H14O. The molecule has 23 heavy (non-hydrogen) atoms. The van der Waals surface area contributed by atoms with Crippen molar-refractivity contribution in [3.05, 3.63) is 101 Å². The standard InChI is InChI=1S/C22H14O/c23-22-17-20(12-11-18-7-3-1-4-8-18)14-16-21(22)15-13-19-9-5-2-6-10-19/h1-10,14,16-17,23H. The number of benzene rings is 3. The molecule has 0 saturated carbocycles. The minimum Gasteiger partial charge on any atom is -0.507 e. The average Bonchev–Trinajstić information content (AvgIpc) is 2.61. The lowest BCUT2D eigenvalue weighted by molar-refractivity contribution is 0.473. The Bertz CT molecular complexity index is 918. The summed E-state index contributed by atoms with van der Waals surface area (Å²) in [6, 6.07) is 24.7. The van der Waals surface area contributed by atoms with Crippen LogP contribution in [0.25, 0.3) is 0 Å². The van der Waals surface area contributed by atoms with Crippen LogP contribution >= 0.6 is 0 Å². The quantitative estimate of drug-likeness (QED) is 0.616. The molecule has 0 spiro atoms. The highest BCUT2D eigenvalue weighted by Crippen LogP contribution is 2.17. The predicted molar refractivity (Wildman–Crippen MR) is 93.0 cm³/mol. The van der Waals surface area contributed by atoms with Crippen LogP contribution in [0.5, 0.6) is 5.75 Å². The second-order valence-electron chi connectivity index (χ2n) is 4.96. The van der Waals surface area contributed by atoms with Crippen LogP contribution in [0, 0.1) is 23.7 Å². The Morgan fingerprint density at radius 3 is 1.61 bits per heavy atom. The Kier molecular flexibility index (Phi) is 4.44. The first-order valence-corrected chi connectivity index (χ1v) is 7.28. The van der Waals surface area contributed by atoms with Crippen molar-refractivity contribution in [3.8, 4) is 29.4 Å². The fourth-order valence-electron chi connectivity index (χ4n) is 2.04. The maximum atomic E-state index is 10.1. The number of phenolic OH excluding ortho intramolecular Hbond substituents is 1. The normalized spacial score (nSPS) is 9.22. The van der Waals surface area contributed by atoms with E-state index in [4.69, 9.17) is 0 Å². The van der Waals surface area contributed by atoms with Crippen LogP contribution < -0.4 is 0 Å². The van der Waals surface area contributed by atoms with Crippen molar-refractivity contribution in [1.82, 2.24) is 0 Å². The molecule has 0 bridgehead atoms. The van der Waals surface area contributed by atoms with E-state index < -0.39 is 0 Å². The van der Waals surface area contributed by atoms with Crippen molar-refractivity contribution >= 4 is 0 Å². The SMILES string of the molecule is Oc1cc(C#Cc2ccccc2)ccc1C#Cc1ccccc1. The molecule has 1 N–H and O–H groups in total. The zero-order valence-corrected chi connectivity index (χ0v) is 12.5. The first kappa shape index (κ1) is 14.5. The van der Waals surface area contributed by atoms with E-state index in [1.165, 1.54) is 0 Å². The first-order valence-electron chi connectivity index (χ1n) is 7.28. The van der Waals surface area contributed by atoms with Crippen molar-refractivity contribution < 1.29 is 5.11 Å². The summed E-state index contributed by atoms with van der Waals surface area (Å²) >= 11 is 0. The molecule has 0 amide bonds. The van der Waals surface area contributed by atoms with Gasteiger partial charge >= 0.3 is 0 Å². The van der Waals surface area contributed by atoms with Crippen molar-refractivity contribution in [2.45, 2.75) is 0 Å². The van der Waals surface area contributed by atoms with Crippen molar-refractivity contribution in [3.63, 3.8) is 0 Å². The molecule has 3 aromatic carbocycles. The number of hydrogen-bond acceptors (Lipinski definition) is 1. The molecule has 1 nitrogen and oxygen atoms in total. The Hall–Kier alpha value is -3.42. The summed E-state index contributed by atoms with van der Waals surface area (Å²) in [5.41, 5.74) is 3.22. The van der Waals surface area contributed by atoms with Gasteiger partial charge in [-0.25, -0.2) is 0 Å². The third-order valence-electron chi connectivity index (χ3n) is 3.24. The molecule has 0 radical (unpaired) electrons. The van der Waals surface area contributed by atoms with Gasteiger partial charge in [-0.15, -0.1) is 0 Å². The minimum atomic E-state index is 0.147. The average molecular weight is 294 g/mol. The van der Waals surface area contributed by atoms with E-state index in [1.807, 2.05) is 66.7 Å². The van der Waals surface area contributed by atoms with Crippen LogP contribution in [0.15, 0.2) is 78.9 Å². The summed E-state index contributed by atoms with van der Waals surface area (Å²) in [5.74, 6) is 12.3. The van der Waals surface area contributed by atoms with Crippen LogP contribution in [0.3, 0.4) is 0 Å². The van der Waals surface area contributed by atoms with Gasteiger partial charge in [0.2, 0.25) is 0 Å². The van der Waals surface area contributed by atoms with E-state index in [2.05, 4.69) is 23.7 Å². The van der Waals surface area contributed by atoms with E-state index in [0.717, 1.165) is 16.7 Å². The van der Waals surface area contributed by atoms with Crippen molar-refractivity contribution in [1.29, 1.82) is 0 Å². The number of rotatable bonds is 0. The molecule has 0 saturated heterocycles. The number of aromatic hydroxyl groups is 1. The molecule has 0 heterocycles. The summed E-state index contributed by atoms with van der Waals surface area (Å²) in [6.07, 6.45) is 0. The van der Waals surface area contributed by atoms with E-state index in [0.29, 0.717) is 5.56 Å². The Morgan fingerprint density at radius 2 is 1.04 bits per heavy atom. The maximum Gasteiger partial charge on any atom is 0.132 e. The van der Waals surface area contributed by atoms with Crippen LogP contribution in [0.2, 0.25) is 0 Å². The molecular weight excluding hydrogens is 280 g/mol. The number of phenols is 1. The zero-order chi connectivity index (χ0) is 15.9. The molecule has 1 heteroatoms. The Morgan fingerprint density at radius 1 is 0.522 bits per heavy atom. The monoisotopic (exact) mass is 294 g/mol. The largest absolute Gasteiger partial charge is 0.507 e. The third kappa shape index (κ3) is 4.03. The van der Waals surface area contributed by atoms with Gasteiger partial charge in [0.05, 0.1) is 5.56 Å². The first-order chi connectivity index (χ1) is 11.3. The lowest BCUT2D eigenvalue weighted by atomic mass is 10.1. The van der Waals surface area contributed by atoms with E-state index >= 15 is 0 Å². The molecule has 108 valence electrons. The van der Waals surface area contributed by atoms with Crippen LogP contribution in [0.4, 0.5) is 0 Å². The van der Waals surface area contributed by atoms with Crippen molar-refractivity contribution in [2.24, 2.45) is 0 Å². The summed E-state index contributed by atoms with van der Waals surface area (Å²) in [5, 5.41) is 10.1. The van der Waals surface area contributed by atoms with Gasteiger partial charge < -0.3 is 5.11 Å². The van der Waals surface area contributed by atoms with Gasteiger partial charge in [-0.1, -0.05) is 60.1 Å². The second kappa shape index (κ2) is 7.03. The second-order valence-corrected chi connectivity index (χ2v) is 4.96. The Balaban J connectivity index is 1.82. The summed E-state index contributed by atoms with van der Waals surface area (Å²) in [4.78, 5) is 0. The molecule has 3 rings (SSSR count). The lowest BCUT2D eigenvalue weighted by Gasteiger charge is -1.97. The zero-order valence-electron chi connectivity index (χ0n) is 12.5. The van der Waals surface area contributed by atoms with Gasteiger partial charge in [0, 0.05) is 16.7 Å². The predicted octanol–water partition coefficient (Wildman–Crippen LogP) is 4.19. The van der Waals surface area contributed by atoms with E-state index in [-0.39, 0.29) is 5.75 Å². The molecule has 0 aliphatic carbocycles. The topological polar surface area (TPSA) is 20.2 Å². The van der Waals surface area contributed by atoms with Crippen LogP contribution in [0.1, 0.15) is 22.3 Å². The minimum absolute atomic E-state index is 0.147. The molecule has 0 aliphatic heterocycles. The summed E-state index contributed by atoms with van der Waals surface area (Å²) in [6.45, 7) is 0. The van der Waals surface area contributed by atoms with Gasteiger partial charge in [0.1, 0.15) is 5.75 Å². The highest BCUT2D eigenvalue weighted by Gasteiger charge is 1.98. The molecule has 0 atom stereocenters. The molecule has 0 aromatic heterocycles. The van der Waals surface area contributed by atoms with Gasteiger partial charge in [-0.3, -0.25) is 0 Å². The highest BCUT2D eigenvalue weighted by molar-refractivity contribution is 5.54. The van der Waals surface area contributed by atoms with Gasteiger partial charge in [0.25, 0.3) is 0 Å². The van der Waals surface area contributed by atoms with Crippen LogP contribution in [-0.4, -0.2) is 5.11 Å². The van der Waals surface area contributed by atoms with Gasteiger partial charge in [-0.2, -0.15) is 0 Å². The van der Waals surface area contributed by atoms with E-state index in [1.54, 1.807) is 12.1 Å². The molecule has 0 unspecified atom stereocenters. The molecule has 3 aromatic rings. The Labute approximate surface area is 136 Å². The highest BCUT2D eigenvalue weighted by atomic mass is 16.3. The van der Waals surface area contributed by atoms with Gasteiger partial charge in [-0.05, 0) is 42.5 Å².